The van der Waals surface area contributed by atoms with Gasteiger partial charge in [-0.2, -0.15) is 0 Å². The fraction of sp³-hybridized carbons (Fsp3) is 0.538. The first kappa shape index (κ1) is 13.0. The highest BCUT2D eigenvalue weighted by molar-refractivity contribution is 6.34. The monoisotopic (exact) mass is 273 g/mol. The second kappa shape index (κ2) is 5.05. The van der Waals surface area contributed by atoms with E-state index in [1.807, 2.05) is 6.07 Å². The zero-order chi connectivity index (χ0) is 12.5. The SMILES string of the molecule is COc1cc(Cl)c(C2(N)CCCCC2)cc1Cl. The van der Waals surface area contributed by atoms with Gasteiger partial charge in [0.1, 0.15) is 5.75 Å². The lowest BCUT2D eigenvalue weighted by molar-refractivity contribution is 0.302. The van der Waals surface area contributed by atoms with Gasteiger partial charge in [0.25, 0.3) is 0 Å². The standard InChI is InChI=1S/C13H17Cl2NO/c1-17-12-8-10(14)9(7-11(12)15)13(16)5-3-2-4-6-13/h7-8H,2-6,16H2,1H3. The van der Waals surface area contributed by atoms with Crippen LogP contribution in [0.5, 0.6) is 5.75 Å². The number of benzene rings is 1. The summed E-state index contributed by atoms with van der Waals surface area (Å²) >= 11 is 12.4. The number of methoxy groups -OCH3 is 1. The fourth-order valence-corrected chi connectivity index (χ4v) is 3.10. The smallest absolute Gasteiger partial charge is 0.138 e. The molecule has 1 aliphatic rings. The van der Waals surface area contributed by atoms with Crippen molar-refractivity contribution >= 4 is 23.2 Å². The van der Waals surface area contributed by atoms with Gasteiger partial charge in [0.2, 0.25) is 0 Å². The Balaban J connectivity index is 2.41. The van der Waals surface area contributed by atoms with Crippen molar-refractivity contribution in [1.29, 1.82) is 0 Å². The molecule has 1 saturated carbocycles. The number of halogens is 2. The van der Waals surface area contributed by atoms with Crippen LogP contribution in [-0.2, 0) is 5.54 Å². The first-order chi connectivity index (χ1) is 8.07. The third kappa shape index (κ3) is 2.54. The minimum absolute atomic E-state index is 0.328. The molecular weight excluding hydrogens is 257 g/mol. The average molecular weight is 274 g/mol. The molecule has 0 radical (unpaired) electrons. The molecule has 2 rings (SSSR count). The van der Waals surface area contributed by atoms with E-state index in [0.717, 1.165) is 31.2 Å². The molecule has 94 valence electrons. The molecule has 0 atom stereocenters. The summed E-state index contributed by atoms with van der Waals surface area (Å²) in [5.41, 5.74) is 7.08. The topological polar surface area (TPSA) is 35.2 Å². The van der Waals surface area contributed by atoms with Crippen molar-refractivity contribution in [3.63, 3.8) is 0 Å². The van der Waals surface area contributed by atoms with Gasteiger partial charge in [0.05, 0.1) is 12.1 Å². The van der Waals surface area contributed by atoms with Crippen molar-refractivity contribution in [2.24, 2.45) is 5.73 Å². The van der Waals surface area contributed by atoms with Crippen LogP contribution in [0.4, 0.5) is 0 Å². The van der Waals surface area contributed by atoms with Crippen LogP contribution in [0.2, 0.25) is 10.0 Å². The highest BCUT2D eigenvalue weighted by atomic mass is 35.5. The molecule has 2 N–H and O–H groups in total. The summed E-state index contributed by atoms with van der Waals surface area (Å²) < 4.78 is 5.14. The Labute approximate surface area is 112 Å². The lowest BCUT2D eigenvalue weighted by Crippen LogP contribution is -2.38. The van der Waals surface area contributed by atoms with Crippen molar-refractivity contribution < 1.29 is 4.74 Å². The maximum Gasteiger partial charge on any atom is 0.138 e. The lowest BCUT2D eigenvalue weighted by Gasteiger charge is -2.34. The van der Waals surface area contributed by atoms with Crippen LogP contribution in [-0.4, -0.2) is 7.11 Å². The minimum Gasteiger partial charge on any atom is -0.495 e. The van der Waals surface area contributed by atoms with Crippen LogP contribution in [0.15, 0.2) is 12.1 Å². The van der Waals surface area contributed by atoms with Gasteiger partial charge < -0.3 is 10.5 Å². The third-order valence-corrected chi connectivity index (χ3v) is 4.13. The van der Waals surface area contributed by atoms with Gasteiger partial charge in [0.15, 0.2) is 0 Å². The molecule has 0 bridgehead atoms. The second-order valence-corrected chi connectivity index (χ2v) is 5.50. The maximum atomic E-state index is 6.46. The molecular formula is C13H17Cl2NO. The molecule has 1 fully saturated rings. The van der Waals surface area contributed by atoms with Crippen LogP contribution in [0.25, 0.3) is 0 Å². The normalized spacial score (nSPS) is 19.1. The predicted octanol–water partition coefficient (Wildman–Crippen LogP) is 4.12. The van der Waals surface area contributed by atoms with E-state index in [1.165, 1.54) is 6.42 Å². The van der Waals surface area contributed by atoms with Crippen LogP contribution in [0, 0.1) is 0 Å². The van der Waals surface area contributed by atoms with E-state index < -0.39 is 0 Å². The first-order valence-electron chi connectivity index (χ1n) is 5.89. The molecule has 1 aliphatic carbocycles. The maximum absolute atomic E-state index is 6.46. The largest absolute Gasteiger partial charge is 0.495 e. The predicted molar refractivity (Wildman–Crippen MR) is 72.0 cm³/mol. The Morgan fingerprint density at radius 3 is 2.35 bits per heavy atom. The molecule has 2 nitrogen and oxygen atoms in total. The van der Waals surface area contributed by atoms with E-state index in [1.54, 1.807) is 13.2 Å². The lowest BCUT2D eigenvalue weighted by atomic mass is 9.77. The Morgan fingerprint density at radius 2 is 1.76 bits per heavy atom. The van der Waals surface area contributed by atoms with Crippen LogP contribution in [0.3, 0.4) is 0 Å². The van der Waals surface area contributed by atoms with E-state index in [9.17, 15) is 0 Å². The summed E-state index contributed by atoms with van der Waals surface area (Å²) in [6, 6.07) is 3.61. The van der Waals surface area contributed by atoms with Crippen LogP contribution < -0.4 is 10.5 Å². The molecule has 1 aromatic rings. The van der Waals surface area contributed by atoms with Crippen molar-refractivity contribution in [2.45, 2.75) is 37.6 Å². The molecule has 4 heteroatoms. The Hall–Kier alpha value is -0.440. The van der Waals surface area contributed by atoms with Gasteiger partial charge in [-0.05, 0) is 24.5 Å². The van der Waals surface area contributed by atoms with Gasteiger partial charge in [0, 0.05) is 16.6 Å². The summed E-state index contributed by atoms with van der Waals surface area (Å²) in [5.74, 6) is 0.597. The van der Waals surface area contributed by atoms with Gasteiger partial charge in [-0.25, -0.2) is 0 Å². The van der Waals surface area contributed by atoms with E-state index >= 15 is 0 Å². The highest BCUT2D eigenvalue weighted by Gasteiger charge is 2.32. The summed E-state index contributed by atoms with van der Waals surface area (Å²) in [6.07, 6.45) is 5.48. The minimum atomic E-state index is -0.328. The molecule has 1 aromatic carbocycles. The molecule has 0 aromatic heterocycles. The third-order valence-electron chi connectivity index (χ3n) is 3.52. The van der Waals surface area contributed by atoms with E-state index in [2.05, 4.69) is 0 Å². The van der Waals surface area contributed by atoms with Crippen molar-refractivity contribution in [3.05, 3.63) is 27.7 Å². The second-order valence-electron chi connectivity index (χ2n) is 4.68. The molecule has 0 spiro atoms. The Morgan fingerprint density at radius 1 is 1.12 bits per heavy atom. The number of rotatable bonds is 2. The van der Waals surface area contributed by atoms with E-state index in [0.29, 0.717) is 15.8 Å². The Bertz CT molecular complexity index is 414. The summed E-state index contributed by atoms with van der Waals surface area (Å²) in [5, 5.41) is 1.22. The van der Waals surface area contributed by atoms with Gasteiger partial charge in [-0.3, -0.25) is 0 Å². The van der Waals surface area contributed by atoms with Crippen molar-refractivity contribution in [2.75, 3.05) is 7.11 Å². The zero-order valence-corrected chi connectivity index (χ0v) is 11.4. The number of nitrogens with two attached hydrogens (primary N) is 1. The van der Waals surface area contributed by atoms with Crippen LogP contribution >= 0.6 is 23.2 Å². The fourth-order valence-electron chi connectivity index (χ4n) is 2.52. The molecule has 0 unspecified atom stereocenters. The summed E-state index contributed by atoms with van der Waals surface area (Å²) in [4.78, 5) is 0. The van der Waals surface area contributed by atoms with Crippen molar-refractivity contribution in [3.8, 4) is 5.75 Å². The Kier molecular flexibility index (Phi) is 3.86. The quantitative estimate of drug-likeness (QED) is 0.880. The summed E-state index contributed by atoms with van der Waals surface area (Å²) in [6.45, 7) is 0. The van der Waals surface area contributed by atoms with Gasteiger partial charge in [-0.1, -0.05) is 42.5 Å². The van der Waals surface area contributed by atoms with E-state index in [4.69, 9.17) is 33.7 Å². The van der Waals surface area contributed by atoms with E-state index in [-0.39, 0.29) is 5.54 Å². The van der Waals surface area contributed by atoms with Crippen molar-refractivity contribution in [1.82, 2.24) is 0 Å². The van der Waals surface area contributed by atoms with Crippen LogP contribution in [0.1, 0.15) is 37.7 Å². The average Bonchev–Trinajstić information content (AvgIpc) is 2.32. The first-order valence-corrected chi connectivity index (χ1v) is 6.65. The van der Waals surface area contributed by atoms with Gasteiger partial charge >= 0.3 is 0 Å². The summed E-state index contributed by atoms with van der Waals surface area (Å²) in [7, 11) is 1.58. The highest BCUT2D eigenvalue weighted by Crippen LogP contribution is 2.41. The number of ether oxygens (including phenoxy) is 1. The zero-order valence-electron chi connectivity index (χ0n) is 9.93. The molecule has 17 heavy (non-hydrogen) atoms. The number of hydrogen-bond donors (Lipinski definition) is 1. The molecule has 0 aliphatic heterocycles. The van der Waals surface area contributed by atoms with Gasteiger partial charge in [-0.15, -0.1) is 0 Å². The molecule has 0 amide bonds. The molecule has 0 saturated heterocycles. The number of hydrogen-bond acceptors (Lipinski definition) is 2. The molecule has 0 heterocycles.